The number of nitrogens with one attached hydrogen (secondary N) is 1. The predicted octanol–water partition coefficient (Wildman–Crippen LogP) is 3.43. The fourth-order valence-corrected chi connectivity index (χ4v) is 3.05. The Morgan fingerprint density at radius 1 is 0.800 bits per heavy atom. The summed E-state index contributed by atoms with van der Waals surface area (Å²) in [6.45, 7) is -0.312. The molecule has 1 unspecified atom stereocenters. The molecule has 3 rings (SSSR count). The quantitative estimate of drug-likeness (QED) is 0.571. The summed E-state index contributed by atoms with van der Waals surface area (Å²) in [5.41, 5.74) is -1.17. The molecule has 0 aliphatic carbocycles. The molecule has 1 atom stereocenters. The van der Waals surface area contributed by atoms with Crippen LogP contribution in [0.5, 0.6) is 5.75 Å². The normalized spacial score (nSPS) is 12.4. The van der Waals surface area contributed by atoms with Crippen molar-refractivity contribution in [1.29, 1.82) is 0 Å². The van der Waals surface area contributed by atoms with E-state index in [0.717, 1.165) is 0 Å². The van der Waals surface area contributed by atoms with E-state index in [2.05, 4.69) is 5.32 Å². The number of amides is 1. The lowest BCUT2D eigenvalue weighted by atomic mass is 9.88. The molecule has 0 aliphatic rings. The zero-order valence-electron chi connectivity index (χ0n) is 16.2. The molecular weight excluding hydrogens is 382 g/mol. The molecule has 3 aromatic rings. The zero-order valence-corrected chi connectivity index (χ0v) is 16.2. The fourth-order valence-electron chi connectivity index (χ4n) is 3.05. The van der Waals surface area contributed by atoms with Gasteiger partial charge in [0.05, 0.1) is 13.0 Å². The largest absolute Gasteiger partial charge is 0.478 e. The van der Waals surface area contributed by atoms with Gasteiger partial charge in [-0.05, 0) is 24.3 Å². The van der Waals surface area contributed by atoms with Gasteiger partial charge in [0.1, 0.15) is 5.75 Å². The number of aliphatic carboxylic acids is 1. The highest BCUT2D eigenvalue weighted by atomic mass is 16.5. The first-order valence-electron chi connectivity index (χ1n) is 9.39. The first kappa shape index (κ1) is 20.8. The molecule has 0 aliphatic heterocycles. The molecule has 0 heterocycles. The van der Waals surface area contributed by atoms with Crippen molar-refractivity contribution in [2.75, 3.05) is 6.54 Å². The van der Waals surface area contributed by atoms with E-state index in [1.807, 2.05) is 0 Å². The maximum Gasteiger partial charge on any atom is 0.353 e. The Balaban J connectivity index is 1.82. The van der Waals surface area contributed by atoms with Crippen molar-refractivity contribution in [2.45, 2.75) is 12.0 Å². The van der Waals surface area contributed by atoms with Gasteiger partial charge in [0, 0.05) is 11.1 Å². The molecule has 0 aromatic heterocycles. The van der Waals surface area contributed by atoms with Crippen molar-refractivity contribution in [1.82, 2.24) is 5.32 Å². The van der Waals surface area contributed by atoms with Crippen LogP contribution in [0.1, 0.15) is 22.3 Å². The summed E-state index contributed by atoms with van der Waals surface area (Å²) in [5, 5.41) is 12.6. The van der Waals surface area contributed by atoms with Crippen molar-refractivity contribution in [2.24, 2.45) is 0 Å². The Morgan fingerprint density at radius 2 is 1.33 bits per heavy atom. The minimum absolute atomic E-state index is 0.312. The highest BCUT2D eigenvalue weighted by molar-refractivity contribution is 5.97. The van der Waals surface area contributed by atoms with E-state index < -0.39 is 29.7 Å². The van der Waals surface area contributed by atoms with Crippen LogP contribution in [0, 0.1) is 0 Å². The van der Waals surface area contributed by atoms with E-state index in [1.54, 1.807) is 91.0 Å². The molecule has 152 valence electrons. The SMILES string of the molecule is O=C(CNC(=O)c1ccccc1)CC(Oc1ccccc1)(C(=O)O)c1ccccc1. The number of Topliss-reactive ketones (excluding diaryl/α,β-unsaturated/α-hetero) is 1. The molecule has 3 aromatic carbocycles. The number of benzene rings is 3. The van der Waals surface area contributed by atoms with Gasteiger partial charge in [-0.25, -0.2) is 4.79 Å². The average Bonchev–Trinajstić information content (AvgIpc) is 2.78. The Kier molecular flexibility index (Phi) is 6.60. The zero-order chi connectivity index (χ0) is 21.4. The van der Waals surface area contributed by atoms with Crippen LogP contribution in [-0.2, 0) is 15.2 Å². The molecular formula is C24H21NO5. The van der Waals surface area contributed by atoms with Crippen LogP contribution < -0.4 is 10.1 Å². The number of hydrogen-bond acceptors (Lipinski definition) is 4. The second-order valence-corrected chi connectivity index (χ2v) is 6.68. The van der Waals surface area contributed by atoms with Crippen LogP contribution in [0.15, 0.2) is 91.0 Å². The van der Waals surface area contributed by atoms with Crippen LogP contribution in [0.25, 0.3) is 0 Å². The average molecular weight is 403 g/mol. The van der Waals surface area contributed by atoms with Gasteiger partial charge >= 0.3 is 5.97 Å². The number of para-hydroxylation sites is 1. The van der Waals surface area contributed by atoms with Crippen LogP contribution in [0.4, 0.5) is 0 Å². The second kappa shape index (κ2) is 9.52. The summed E-state index contributed by atoms with van der Waals surface area (Å²) in [7, 11) is 0. The van der Waals surface area contributed by atoms with Crippen LogP contribution >= 0.6 is 0 Å². The Morgan fingerprint density at radius 3 is 1.90 bits per heavy atom. The summed E-state index contributed by atoms with van der Waals surface area (Å²) in [6.07, 6.45) is -0.448. The third kappa shape index (κ3) is 4.91. The van der Waals surface area contributed by atoms with E-state index in [9.17, 15) is 19.5 Å². The summed E-state index contributed by atoms with van der Waals surface area (Å²) < 4.78 is 5.88. The number of carboxylic acids is 1. The molecule has 0 fully saturated rings. The van der Waals surface area contributed by atoms with Crippen molar-refractivity contribution < 1.29 is 24.2 Å². The molecule has 30 heavy (non-hydrogen) atoms. The monoisotopic (exact) mass is 403 g/mol. The summed E-state index contributed by atoms with van der Waals surface area (Å²) in [5.74, 6) is -1.85. The summed E-state index contributed by atoms with van der Waals surface area (Å²) >= 11 is 0. The van der Waals surface area contributed by atoms with Crippen molar-refractivity contribution in [3.8, 4) is 5.75 Å². The maximum atomic E-state index is 12.7. The van der Waals surface area contributed by atoms with E-state index >= 15 is 0 Å². The molecule has 0 bridgehead atoms. The highest BCUT2D eigenvalue weighted by Crippen LogP contribution is 2.32. The molecule has 2 N–H and O–H groups in total. The summed E-state index contributed by atoms with van der Waals surface area (Å²) in [4.78, 5) is 37.3. The minimum Gasteiger partial charge on any atom is -0.478 e. The van der Waals surface area contributed by atoms with E-state index in [0.29, 0.717) is 16.9 Å². The molecule has 0 spiro atoms. The van der Waals surface area contributed by atoms with E-state index in [1.165, 1.54) is 0 Å². The lowest BCUT2D eigenvalue weighted by Crippen LogP contribution is -2.45. The number of ketones is 1. The second-order valence-electron chi connectivity index (χ2n) is 6.68. The van der Waals surface area contributed by atoms with Gasteiger partial charge in [-0.2, -0.15) is 0 Å². The predicted molar refractivity (Wildman–Crippen MR) is 111 cm³/mol. The molecule has 0 radical (unpaired) electrons. The minimum atomic E-state index is -1.92. The van der Waals surface area contributed by atoms with Crippen molar-refractivity contribution in [3.05, 3.63) is 102 Å². The maximum absolute atomic E-state index is 12.7. The highest BCUT2D eigenvalue weighted by Gasteiger charge is 2.45. The van der Waals surface area contributed by atoms with Gasteiger partial charge in [0.15, 0.2) is 5.78 Å². The van der Waals surface area contributed by atoms with Gasteiger partial charge in [-0.15, -0.1) is 0 Å². The van der Waals surface area contributed by atoms with Gasteiger partial charge in [0.2, 0.25) is 5.60 Å². The molecule has 6 nitrogen and oxygen atoms in total. The molecule has 0 saturated carbocycles. The third-order valence-corrected chi connectivity index (χ3v) is 4.55. The molecule has 1 amide bonds. The number of carbonyl (C=O) groups excluding carboxylic acids is 2. The van der Waals surface area contributed by atoms with Gasteiger partial charge in [0.25, 0.3) is 5.91 Å². The van der Waals surface area contributed by atoms with E-state index in [-0.39, 0.29) is 6.54 Å². The first-order chi connectivity index (χ1) is 14.5. The van der Waals surface area contributed by atoms with Crippen molar-refractivity contribution in [3.63, 3.8) is 0 Å². The standard InChI is InChI=1S/C24H21NO5/c26-20(17-25-22(27)18-10-4-1-5-11-18)16-24(23(28)29,19-12-6-2-7-13-19)30-21-14-8-3-9-15-21/h1-15H,16-17H2,(H,25,27)(H,28,29). The van der Waals surface area contributed by atoms with Gasteiger partial charge in [-0.3, -0.25) is 9.59 Å². The lowest BCUT2D eigenvalue weighted by molar-refractivity contribution is -0.159. The third-order valence-electron chi connectivity index (χ3n) is 4.55. The van der Waals surface area contributed by atoms with Gasteiger partial charge < -0.3 is 15.2 Å². The Hall–Kier alpha value is -3.93. The first-order valence-corrected chi connectivity index (χ1v) is 9.39. The van der Waals surface area contributed by atoms with Gasteiger partial charge in [-0.1, -0.05) is 66.7 Å². The topological polar surface area (TPSA) is 92.7 Å². The Bertz CT molecular complexity index is 1010. The van der Waals surface area contributed by atoms with Crippen LogP contribution in [0.2, 0.25) is 0 Å². The number of carbonyl (C=O) groups is 3. The van der Waals surface area contributed by atoms with E-state index in [4.69, 9.17) is 4.74 Å². The smallest absolute Gasteiger partial charge is 0.353 e. The number of ether oxygens (including phenoxy) is 1. The van der Waals surface area contributed by atoms with Crippen LogP contribution in [-0.4, -0.2) is 29.3 Å². The number of carboxylic acid groups (broad SMARTS) is 1. The molecule has 6 heteroatoms. The summed E-state index contributed by atoms with van der Waals surface area (Å²) in [6, 6.07) is 25.3. The van der Waals surface area contributed by atoms with Crippen LogP contribution in [0.3, 0.4) is 0 Å². The number of hydrogen-bond donors (Lipinski definition) is 2. The molecule has 0 saturated heterocycles. The van der Waals surface area contributed by atoms with Crippen molar-refractivity contribution >= 4 is 17.7 Å². The lowest BCUT2D eigenvalue weighted by Gasteiger charge is -2.30. The fraction of sp³-hybridized carbons (Fsp3) is 0.125. The number of rotatable bonds is 9. The Labute approximate surface area is 174 Å².